The molecule has 0 unspecified atom stereocenters. The maximum absolute atomic E-state index is 12.3. The van der Waals surface area contributed by atoms with Gasteiger partial charge in [0, 0.05) is 18.1 Å². The molecule has 0 spiro atoms. The fraction of sp³-hybridized carbons (Fsp3) is 0.316. The lowest BCUT2D eigenvalue weighted by Crippen LogP contribution is -2.24. The van der Waals surface area contributed by atoms with Gasteiger partial charge in [-0.15, -0.1) is 0 Å². The number of ether oxygens (including phenoxy) is 1. The molecule has 2 rings (SSSR count). The van der Waals surface area contributed by atoms with E-state index in [-0.39, 0.29) is 17.6 Å². The zero-order valence-corrected chi connectivity index (χ0v) is 14.3. The lowest BCUT2D eigenvalue weighted by Gasteiger charge is -2.26. The number of hydrogen-bond donors (Lipinski definition) is 0. The zero-order valence-electron chi connectivity index (χ0n) is 14.3. The van der Waals surface area contributed by atoms with E-state index >= 15 is 0 Å². The van der Waals surface area contributed by atoms with E-state index in [0.717, 1.165) is 22.3 Å². The van der Waals surface area contributed by atoms with Crippen molar-refractivity contribution in [3.05, 3.63) is 74.9 Å². The van der Waals surface area contributed by atoms with Crippen LogP contribution in [0, 0.1) is 16.0 Å². The normalized spacial score (nSPS) is 27.4. The molecule has 0 saturated heterocycles. The Bertz CT molecular complexity index is 741. The van der Waals surface area contributed by atoms with E-state index in [1.807, 2.05) is 39.0 Å². The van der Waals surface area contributed by atoms with Crippen molar-refractivity contribution in [3.63, 3.8) is 0 Å². The minimum Gasteiger partial charge on any atom is -0.469 e. The highest BCUT2D eigenvalue weighted by atomic mass is 16.6. The van der Waals surface area contributed by atoms with Crippen LogP contribution < -0.4 is 0 Å². The molecule has 0 heterocycles. The summed E-state index contributed by atoms with van der Waals surface area (Å²) in [7, 11) is 1.37. The van der Waals surface area contributed by atoms with Crippen molar-refractivity contribution in [2.45, 2.75) is 26.7 Å². The number of esters is 1. The first-order valence-electron chi connectivity index (χ1n) is 7.70. The number of hydrogen-bond acceptors (Lipinski definition) is 4. The first-order chi connectivity index (χ1) is 11.3. The summed E-state index contributed by atoms with van der Waals surface area (Å²) in [6.45, 7) is 5.92. The molecule has 0 aromatic heterocycles. The summed E-state index contributed by atoms with van der Waals surface area (Å²) in [6.07, 6.45) is 5.96. The van der Waals surface area contributed by atoms with Gasteiger partial charge in [0.25, 0.3) is 5.69 Å². The number of allylic oxidation sites excluding steroid dienone is 5. The molecular weight excluding hydrogens is 306 g/mol. The Balaban J connectivity index is 2.57. The molecule has 0 aliphatic heterocycles. The van der Waals surface area contributed by atoms with Gasteiger partial charge in [0.05, 0.1) is 18.0 Å². The van der Waals surface area contributed by atoms with Crippen LogP contribution in [0.2, 0.25) is 0 Å². The number of non-ortho nitro benzene ring substituents is 1. The smallest absolute Gasteiger partial charge is 0.313 e. The molecule has 0 saturated carbocycles. The molecule has 1 aliphatic carbocycles. The second kappa shape index (κ2) is 7.25. The average Bonchev–Trinajstić information content (AvgIpc) is 2.52. The molecule has 2 atom stereocenters. The fourth-order valence-electron chi connectivity index (χ4n) is 3.17. The number of nitrogens with zero attached hydrogens (tertiary/aromatic N) is 1. The molecular formula is C19H21NO4. The van der Waals surface area contributed by atoms with Gasteiger partial charge in [-0.05, 0) is 26.3 Å². The number of rotatable bonds is 3. The first kappa shape index (κ1) is 17.7. The molecule has 1 aliphatic rings. The standard InChI is InChI=1S/C19H21NO4/c1-12-9-13(2)11-17(19(21)24-4)18(14(3)10-12)15-5-7-16(8-6-15)20(22)23/h5-11,17-18H,1-4H3/b12-9-,13-11-,14-10+/t17-,18+/m1/s1. The monoisotopic (exact) mass is 327 g/mol. The van der Waals surface area contributed by atoms with Gasteiger partial charge in [0.2, 0.25) is 0 Å². The summed E-state index contributed by atoms with van der Waals surface area (Å²) in [5.74, 6) is -1.02. The van der Waals surface area contributed by atoms with E-state index in [4.69, 9.17) is 4.74 Å². The van der Waals surface area contributed by atoms with Crippen LogP contribution in [0.1, 0.15) is 32.3 Å². The molecule has 5 nitrogen and oxygen atoms in total. The third kappa shape index (κ3) is 3.79. The Labute approximate surface area is 141 Å². The SMILES string of the molecule is COC(=O)[C@@H]1\C=C(C)/C=C(C)\C=C(/C)[C@H]1c1ccc([N+](=O)[O-])cc1. The highest BCUT2D eigenvalue weighted by molar-refractivity contribution is 5.77. The van der Waals surface area contributed by atoms with Crippen LogP contribution in [0.15, 0.2) is 59.2 Å². The van der Waals surface area contributed by atoms with Gasteiger partial charge in [-0.1, -0.05) is 47.1 Å². The Morgan fingerprint density at radius 3 is 2.25 bits per heavy atom. The molecule has 0 N–H and O–H groups in total. The molecule has 1 aromatic carbocycles. The summed E-state index contributed by atoms with van der Waals surface area (Å²) in [4.78, 5) is 22.8. The average molecular weight is 327 g/mol. The first-order valence-corrected chi connectivity index (χ1v) is 7.70. The quantitative estimate of drug-likeness (QED) is 0.471. The third-order valence-electron chi connectivity index (χ3n) is 4.14. The van der Waals surface area contributed by atoms with Gasteiger partial charge in [-0.25, -0.2) is 0 Å². The second-order valence-electron chi connectivity index (χ2n) is 6.06. The summed E-state index contributed by atoms with van der Waals surface area (Å²) in [6, 6.07) is 6.35. The van der Waals surface area contributed by atoms with E-state index in [1.165, 1.54) is 19.2 Å². The van der Waals surface area contributed by atoms with Gasteiger partial charge in [0.1, 0.15) is 0 Å². The van der Waals surface area contributed by atoms with Crippen LogP contribution in [0.4, 0.5) is 5.69 Å². The lowest BCUT2D eigenvalue weighted by atomic mass is 9.78. The zero-order chi connectivity index (χ0) is 17.9. The van der Waals surface area contributed by atoms with Crippen molar-refractivity contribution in [2.24, 2.45) is 5.92 Å². The molecule has 24 heavy (non-hydrogen) atoms. The summed E-state index contributed by atoms with van der Waals surface area (Å²) in [5.41, 5.74) is 3.97. The second-order valence-corrected chi connectivity index (χ2v) is 6.06. The molecule has 0 bridgehead atoms. The molecule has 0 amide bonds. The van der Waals surface area contributed by atoms with Crippen LogP contribution in [0.5, 0.6) is 0 Å². The Morgan fingerprint density at radius 1 is 1.08 bits per heavy atom. The van der Waals surface area contributed by atoms with Crippen molar-refractivity contribution in [1.82, 2.24) is 0 Å². The lowest BCUT2D eigenvalue weighted by molar-refractivity contribution is -0.384. The summed E-state index contributed by atoms with van der Waals surface area (Å²) < 4.78 is 4.98. The number of nitro benzene ring substituents is 1. The predicted molar refractivity (Wildman–Crippen MR) is 92.6 cm³/mol. The fourth-order valence-corrected chi connectivity index (χ4v) is 3.17. The van der Waals surface area contributed by atoms with Crippen molar-refractivity contribution in [3.8, 4) is 0 Å². The van der Waals surface area contributed by atoms with Crippen LogP contribution >= 0.6 is 0 Å². The van der Waals surface area contributed by atoms with Crippen molar-refractivity contribution in [2.75, 3.05) is 7.11 Å². The van der Waals surface area contributed by atoms with E-state index in [0.29, 0.717) is 0 Å². The maximum Gasteiger partial charge on any atom is 0.313 e. The number of carbonyl (C=O) groups excluding carboxylic acids is 1. The van der Waals surface area contributed by atoms with Crippen LogP contribution in [-0.4, -0.2) is 18.0 Å². The minimum atomic E-state index is -0.475. The van der Waals surface area contributed by atoms with Crippen molar-refractivity contribution < 1.29 is 14.5 Å². The molecule has 5 heteroatoms. The van der Waals surface area contributed by atoms with Gasteiger partial charge in [0.15, 0.2) is 0 Å². The molecule has 1 aromatic rings. The van der Waals surface area contributed by atoms with Crippen molar-refractivity contribution >= 4 is 11.7 Å². The highest BCUT2D eigenvalue weighted by Gasteiger charge is 2.31. The van der Waals surface area contributed by atoms with Gasteiger partial charge in [-0.2, -0.15) is 0 Å². The molecule has 0 radical (unpaired) electrons. The van der Waals surface area contributed by atoms with Gasteiger partial charge in [-0.3, -0.25) is 14.9 Å². The highest BCUT2D eigenvalue weighted by Crippen LogP contribution is 2.37. The topological polar surface area (TPSA) is 69.4 Å². The largest absolute Gasteiger partial charge is 0.469 e. The van der Waals surface area contributed by atoms with E-state index in [1.54, 1.807) is 12.1 Å². The van der Waals surface area contributed by atoms with Gasteiger partial charge >= 0.3 is 5.97 Å². The maximum atomic E-state index is 12.3. The number of nitro groups is 1. The van der Waals surface area contributed by atoms with Crippen LogP contribution in [0.3, 0.4) is 0 Å². The molecule has 126 valence electrons. The van der Waals surface area contributed by atoms with Crippen LogP contribution in [-0.2, 0) is 9.53 Å². The number of benzene rings is 1. The summed E-state index contributed by atoms with van der Waals surface area (Å²) in [5, 5.41) is 10.9. The number of methoxy groups -OCH3 is 1. The Kier molecular flexibility index (Phi) is 5.34. The third-order valence-corrected chi connectivity index (χ3v) is 4.14. The van der Waals surface area contributed by atoms with E-state index in [2.05, 4.69) is 0 Å². The predicted octanol–water partition coefficient (Wildman–Crippen LogP) is 4.32. The van der Waals surface area contributed by atoms with Crippen molar-refractivity contribution in [1.29, 1.82) is 0 Å². The summed E-state index contributed by atoms with van der Waals surface area (Å²) >= 11 is 0. The minimum absolute atomic E-state index is 0.0312. The number of carbonyl (C=O) groups is 1. The van der Waals surface area contributed by atoms with Gasteiger partial charge < -0.3 is 4.74 Å². The van der Waals surface area contributed by atoms with E-state index < -0.39 is 10.8 Å². The Morgan fingerprint density at radius 2 is 1.71 bits per heavy atom. The van der Waals surface area contributed by atoms with E-state index in [9.17, 15) is 14.9 Å². The molecule has 0 fully saturated rings. The Hall–Kier alpha value is -2.69. The van der Waals surface area contributed by atoms with Crippen LogP contribution in [0.25, 0.3) is 0 Å².